The van der Waals surface area contributed by atoms with Crippen LogP contribution in [0.3, 0.4) is 0 Å². The number of hydrogen-bond acceptors (Lipinski definition) is 9. The third kappa shape index (κ3) is 6.14. The van der Waals surface area contributed by atoms with Gasteiger partial charge >= 0.3 is 6.01 Å². The van der Waals surface area contributed by atoms with Gasteiger partial charge in [-0.2, -0.15) is 9.97 Å². The van der Waals surface area contributed by atoms with E-state index in [9.17, 15) is 9.90 Å². The number of carbonyl (C=O) groups excluding carboxylic acids is 1. The van der Waals surface area contributed by atoms with Gasteiger partial charge in [-0.25, -0.2) is 4.39 Å². The molecule has 2 bridgehead atoms. The van der Waals surface area contributed by atoms with Crippen LogP contribution in [0.4, 0.5) is 10.2 Å². The standard InChI is InChI=1S/C41H50FN7O3/c1-45-19-21-46(22-20-45)16-4-9-36(51)49-29-10-11-30(49)26-47(25-29)39-34-13-12-33(35-24-31(50)23-28-7-2-3-8-32(28)35)37(42)38(34)43-40(44-39)52-27-41-14-5-17-48(41)18-6-15-41/h2-3,7-8,12-13,23-24,29-30,50H,4-6,9-11,14-22,25-27H2,1H3/t29-,30+. The van der Waals surface area contributed by atoms with E-state index in [1.54, 1.807) is 18.2 Å². The molecule has 52 heavy (non-hydrogen) atoms. The van der Waals surface area contributed by atoms with E-state index < -0.39 is 5.82 Å². The quantitative estimate of drug-likeness (QED) is 0.242. The molecule has 2 atom stereocenters. The van der Waals surface area contributed by atoms with Crippen molar-refractivity contribution in [3.8, 4) is 22.9 Å². The molecule has 0 unspecified atom stereocenters. The van der Waals surface area contributed by atoms with Crippen molar-refractivity contribution in [2.45, 2.75) is 69.0 Å². The highest BCUT2D eigenvalue weighted by Gasteiger charge is 2.46. The van der Waals surface area contributed by atoms with Crippen LogP contribution in [0.1, 0.15) is 51.4 Å². The second-order valence-electron chi connectivity index (χ2n) is 15.9. The average molecular weight is 708 g/mol. The molecule has 5 aliphatic rings. The lowest BCUT2D eigenvalue weighted by Crippen LogP contribution is -2.56. The van der Waals surface area contributed by atoms with Crippen molar-refractivity contribution in [3.05, 3.63) is 54.3 Å². The number of amides is 1. The molecule has 9 rings (SSSR count). The normalized spacial score (nSPS) is 23.6. The molecule has 1 N–H and O–H groups in total. The Kier molecular flexibility index (Phi) is 8.91. The number of phenols is 1. The van der Waals surface area contributed by atoms with Gasteiger partial charge in [0.1, 0.15) is 23.7 Å². The van der Waals surface area contributed by atoms with Crippen LogP contribution in [-0.2, 0) is 4.79 Å². The predicted molar refractivity (Wildman–Crippen MR) is 201 cm³/mol. The molecule has 0 aliphatic carbocycles. The van der Waals surface area contributed by atoms with Crippen LogP contribution in [0.15, 0.2) is 48.5 Å². The lowest BCUT2D eigenvalue weighted by Gasteiger charge is -2.42. The van der Waals surface area contributed by atoms with Crippen molar-refractivity contribution >= 4 is 33.4 Å². The summed E-state index contributed by atoms with van der Waals surface area (Å²) in [5.74, 6) is 0.543. The Morgan fingerprint density at radius 1 is 0.923 bits per heavy atom. The second-order valence-corrected chi connectivity index (χ2v) is 15.9. The molecule has 10 nitrogen and oxygen atoms in total. The third-order valence-electron chi connectivity index (χ3n) is 12.7. The molecule has 0 spiro atoms. The Balaban J connectivity index is 1.02. The van der Waals surface area contributed by atoms with E-state index in [-0.39, 0.29) is 40.8 Å². The minimum absolute atomic E-state index is 0.00516. The summed E-state index contributed by atoms with van der Waals surface area (Å²) < 4.78 is 23.5. The first kappa shape index (κ1) is 33.8. The number of halogens is 1. The minimum atomic E-state index is -0.458. The molecule has 0 radical (unpaired) electrons. The van der Waals surface area contributed by atoms with Crippen molar-refractivity contribution in [2.75, 3.05) is 77.5 Å². The van der Waals surface area contributed by atoms with E-state index in [0.29, 0.717) is 48.4 Å². The molecule has 11 heteroatoms. The van der Waals surface area contributed by atoms with E-state index >= 15 is 4.39 Å². The molecule has 274 valence electrons. The van der Waals surface area contributed by atoms with E-state index in [1.165, 1.54) is 0 Å². The maximum Gasteiger partial charge on any atom is 0.319 e. The number of fused-ring (bicyclic) bond motifs is 5. The van der Waals surface area contributed by atoms with Crippen LogP contribution in [0.5, 0.6) is 11.8 Å². The maximum atomic E-state index is 17.0. The SMILES string of the molecule is CN1CCN(CCCC(=O)N2[C@@H]3CC[C@H]2CN(c2nc(OCC45CCCN4CCC5)nc4c(F)c(-c5cc(O)cc6ccccc56)ccc24)C3)CC1. The molecular formula is C41H50FN7O3. The first-order valence-corrected chi connectivity index (χ1v) is 19.4. The molecule has 4 aromatic rings. The van der Waals surface area contributed by atoms with Gasteiger partial charge in [-0.3, -0.25) is 9.69 Å². The fourth-order valence-electron chi connectivity index (χ4n) is 9.95. The first-order valence-electron chi connectivity index (χ1n) is 19.4. The van der Waals surface area contributed by atoms with Crippen LogP contribution in [0, 0.1) is 5.82 Å². The van der Waals surface area contributed by atoms with E-state index in [0.717, 1.165) is 102 Å². The van der Waals surface area contributed by atoms with Crippen LogP contribution in [0.25, 0.3) is 32.8 Å². The largest absolute Gasteiger partial charge is 0.508 e. The summed E-state index contributed by atoms with van der Waals surface area (Å²) in [6.45, 7) is 9.22. The van der Waals surface area contributed by atoms with Crippen LogP contribution < -0.4 is 9.64 Å². The van der Waals surface area contributed by atoms with Crippen LogP contribution in [-0.4, -0.2) is 131 Å². The van der Waals surface area contributed by atoms with Crippen molar-refractivity contribution in [1.82, 2.24) is 29.6 Å². The molecule has 5 fully saturated rings. The van der Waals surface area contributed by atoms with E-state index in [1.807, 2.05) is 30.3 Å². The van der Waals surface area contributed by atoms with Gasteiger partial charge in [0.2, 0.25) is 5.91 Å². The van der Waals surface area contributed by atoms with Gasteiger partial charge in [0, 0.05) is 68.7 Å². The van der Waals surface area contributed by atoms with Gasteiger partial charge in [-0.1, -0.05) is 30.3 Å². The van der Waals surface area contributed by atoms with Gasteiger partial charge in [0.25, 0.3) is 0 Å². The van der Waals surface area contributed by atoms with Gasteiger partial charge in [-0.05, 0) is 106 Å². The number of ether oxygens (including phenoxy) is 1. The summed E-state index contributed by atoms with van der Waals surface area (Å²) in [4.78, 5) is 35.2. The van der Waals surface area contributed by atoms with Crippen molar-refractivity contribution in [1.29, 1.82) is 0 Å². The van der Waals surface area contributed by atoms with Crippen LogP contribution in [0.2, 0.25) is 0 Å². The van der Waals surface area contributed by atoms with Crippen LogP contribution >= 0.6 is 0 Å². The zero-order valence-electron chi connectivity index (χ0n) is 30.3. The lowest BCUT2D eigenvalue weighted by molar-refractivity contribution is -0.134. The van der Waals surface area contributed by atoms with Crippen molar-refractivity contribution in [2.24, 2.45) is 0 Å². The predicted octanol–water partition coefficient (Wildman–Crippen LogP) is 5.51. The second kappa shape index (κ2) is 13.7. The number of nitrogens with zero attached hydrogens (tertiary/aromatic N) is 7. The Bertz CT molecular complexity index is 1960. The number of benzene rings is 3. The van der Waals surface area contributed by atoms with Gasteiger partial charge in [0.15, 0.2) is 5.82 Å². The summed E-state index contributed by atoms with van der Waals surface area (Å²) in [5, 5.41) is 12.9. The number of phenolic OH excluding ortho intramolecular Hbond substituents is 1. The average Bonchev–Trinajstić information content (AvgIpc) is 3.82. The number of piperazine rings is 2. The number of aromatic nitrogens is 2. The molecule has 5 saturated heterocycles. The topological polar surface area (TPSA) is 88.5 Å². The minimum Gasteiger partial charge on any atom is -0.508 e. The summed E-state index contributed by atoms with van der Waals surface area (Å²) in [7, 11) is 2.17. The smallest absolute Gasteiger partial charge is 0.319 e. The number of likely N-dealkylation sites (N-methyl/N-ethyl adjacent to an activating group) is 1. The summed E-state index contributed by atoms with van der Waals surface area (Å²) in [6.07, 6.45) is 7.86. The summed E-state index contributed by atoms with van der Waals surface area (Å²) >= 11 is 0. The molecule has 1 amide bonds. The van der Waals surface area contributed by atoms with E-state index in [2.05, 4.69) is 31.5 Å². The number of carbonyl (C=O) groups is 1. The molecular weight excluding hydrogens is 657 g/mol. The van der Waals surface area contributed by atoms with E-state index in [4.69, 9.17) is 14.7 Å². The Morgan fingerprint density at radius 3 is 2.44 bits per heavy atom. The summed E-state index contributed by atoms with van der Waals surface area (Å²) in [6, 6.07) is 15.1. The Morgan fingerprint density at radius 2 is 1.67 bits per heavy atom. The highest BCUT2D eigenvalue weighted by molar-refractivity contribution is 6.01. The number of rotatable bonds is 9. The zero-order chi connectivity index (χ0) is 35.4. The molecule has 3 aromatic carbocycles. The Labute approximate surface area is 305 Å². The zero-order valence-corrected chi connectivity index (χ0v) is 30.3. The molecule has 0 saturated carbocycles. The molecule has 6 heterocycles. The lowest BCUT2D eigenvalue weighted by atomic mass is 9.95. The van der Waals surface area contributed by atoms with Gasteiger partial charge < -0.3 is 29.4 Å². The Hall–Kier alpha value is -4.06. The number of aromatic hydroxyl groups is 1. The monoisotopic (exact) mass is 707 g/mol. The summed E-state index contributed by atoms with van der Waals surface area (Å²) in [5.41, 5.74) is 1.20. The van der Waals surface area contributed by atoms with Crippen molar-refractivity contribution in [3.63, 3.8) is 0 Å². The van der Waals surface area contributed by atoms with Gasteiger partial charge in [-0.15, -0.1) is 0 Å². The number of hydrogen-bond donors (Lipinski definition) is 1. The fourth-order valence-corrected chi connectivity index (χ4v) is 9.95. The maximum absolute atomic E-state index is 17.0. The highest BCUT2D eigenvalue weighted by Crippen LogP contribution is 2.42. The fraction of sp³-hybridized carbons (Fsp3) is 0.537. The number of anilines is 1. The van der Waals surface area contributed by atoms with Crippen molar-refractivity contribution < 1.29 is 19.0 Å². The first-order chi connectivity index (χ1) is 25.3. The molecule has 5 aliphatic heterocycles. The molecule has 1 aromatic heterocycles. The third-order valence-corrected chi connectivity index (χ3v) is 12.7. The highest BCUT2D eigenvalue weighted by atomic mass is 19.1. The van der Waals surface area contributed by atoms with Gasteiger partial charge in [0.05, 0.1) is 5.54 Å².